The van der Waals surface area contributed by atoms with Gasteiger partial charge in [-0.15, -0.1) is 0 Å². The first-order valence-electron chi connectivity index (χ1n) is 11.2. The summed E-state index contributed by atoms with van der Waals surface area (Å²) in [4.78, 5) is 14.8. The molecule has 0 amide bonds. The fraction of sp³-hybridized carbons (Fsp3) is 0.333. The van der Waals surface area contributed by atoms with E-state index in [1.165, 1.54) is 12.8 Å². The van der Waals surface area contributed by atoms with Gasteiger partial charge in [0.1, 0.15) is 5.82 Å². The number of hydrogen-bond donors (Lipinski definition) is 4. The van der Waals surface area contributed by atoms with Crippen LogP contribution in [-0.2, 0) is 6.42 Å². The van der Waals surface area contributed by atoms with Crippen molar-refractivity contribution in [2.75, 3.05) is 35.6 Å². The highest BCUT2D eigenvalue weighted by molar-refractivity contribution is 7.80. The van der Waals surface area contributed by atoms with Crippen molar-refractivity contribution in [1.29, 1.82) is 0 Å². The Hall–Kier alpha value is -2.81. The summed E-state index contributed by atoms with van der Waals surface area (Å²) in [6.07, 6.45) is 4.82. The smallest absolute Gasteiger partial charge is 0.227 e. The molecule has 0 bridgehead atoms. The maximum absolute atomic E-state index is 6.20. The van der Waals surface area contributed by atoms with Gasteiger partial charge < -0.3 is 21.3 Å². The van der Waals surface area contributed by atoms with E-state index < -0.39 is 0 Å². The third kappa shape index (κ3) is 5.08. The highest BCUT2D eigenvalue weighted by Gasteiger charge is 2.20. The average molecular weight is 480 g/mol. The molecule has 9 heteroatoms. The van der Waals surface area contributed by atoms with Crippen molar-refractivity contribution in [1.82, 2.24) is 20.3 Å². The molecule has 0 saturated carbocycles. The van der Waals surface area contributed by atoms with Crippen molar-refractivity contribution < 1.29 is 0 Å². The molecule has 0 aliphatic carbocycles. The van der Waals surface area contributed by atoms with Crippen LogP contribution < -0.4 is 21.3 Å². The van der Waals surface area contributed by atoms with Gasteiger partial charge in [0.05, 0.1) is 22.1 Å². The van der Waals surface area contributed by atoms with E-state index in [2.05, 4.69) is 26.3 Å². The number of fused-ring (bicyclic) bond motifs is 3. The van der Waals surface area contributed by atoms with Crippen molar-refractivity contribution in [3.05, 3.63) is 52.8 Å². The van der Waals surface area contributed by atoms with Crippen molar-refractivity contribution in [2.45, 2.75) is 26.2 Å². The molecule has 2 aliphatic rings. The first kappa shape index (κ1) is 22.0. The summed E-state index contributed by atoms with van der Waals surface area (Å²) >= 11 is 11.7. The summed E-state index contributed by atoms with van der Waals surface area (Å²) in [5.74, 6) is 2.10. The lowest BCUT2D eigenvalue weighted by Gasteiger charge is -2.23. The molecule has 5 rings (SSSR count). The van der Waals surface area contributed by atoms with Gasteiger partial charge in [-0.05, 0) is 69.1 Å². The molecule has 0 spiro atoms. The molecule has 170 valence electrons. The second-order valence-electron chi connectivity index (χ2n) is 8.51. The molecule has 2 aliphatic heterocycles. The zero-order valence-electron chi connectivity index (χ0n) is 18.4. The van der Waals surface area contributed by atoms with Crippen LogP contribution in [0.1, 0.15) is 24.1 Å². The third-order valence-corrected chi connectivity index (χ3v) is 6.57. The zero-order chi connectivity index (χ0) is 22.8. The van der Waals surface area contributed by atoms with E-state index in [0.717, 1.165) is 59.3 Å². The number of piperidine rings is 1. The van der Waals surface area contributed by atoms with Crippen LogP contribution in [0.4, 0.5) is 23.1 Å². The van der Waals surface area contributed by atoms with Gasteiger partial charge >= 0.3 is 0 Å². The molecule has 1 aromatic carbocycles. The Morgan fingerprint density at radius 1 is 1.15 bits per heavy atom. The molecule has 7 nitrogen and oxygen atoms in total. The number of nitrogens with zero attached hydrogens (tertiary/aromatic N) is 3. The predicted molar refractivity (Wildman–Crippen MR) is 139 cm³/mol. The van der Waals surface area contributed by atoms with Crippen LogP contribution in [0.5, 0.6) is 0 Å². The molecule has 2 aromatic heterocycles. The molecule has 0 radical (unpaired) electrons. The van der Waals surface area contributed by atoms with Crippen LogP contribution >= 0.6 is 23.8 Å². The maximum atomic E-state index is 6.20. The number of anilines is 4. The third-order valence-electron chi connectivity index (χ3n) is 6.09. The normalized spacial score (nSPS) is 15.8. The van der Waals surface area contributed by atoms with Crippen molar-refractivity contribution in [2.24, 2.45) is 5.92 Å². The minimum atomic E-state index is 0.516. The molecule has 4 heterocycles. The Balaban J connectivity index is 1.35. The van der Waals surface area contributed by atoms with Crippen LogP contribution in [0.25, 0.3) is 11.3 Å². The number of hydrogen-bond acceptors (Lipinski definition) is 7. The van der Waals surface area contributed by atoms with Gasteiger partial charge in [-0.3, -0.25) is 0 Å². The number of halogens is 1. The lowest BCUT2D eigenvalue weighted by atomic mass is 9.98. The number of rotatable bonds is 5. The van der Waals surface area contributed by atoms with Crippen LogP contribution in [0, 0.1) is 12.8 Å². The number of aryl methyl sites for hydroxylation is 1. The summed E-state index contributed by atoms with van der Waals surface area (Å²) in [6.45, 7) is 5.14. The Labute approximate surface area is 203 Å². The Kier molecular flexibility index (Phi) is 6.39. The molecule has 1 saturated heterocycles. The number of pyridine rings is 1. The average Bonchev–Trinajstić information content (AvgIpc) is 2.94. The standard InChI is InChI=1S/C24H26ClN7S/c1-14-19(4-5-21(29-14)27-12-15-6-8-26-9-7-15)31-24-28-13-16-10-22(33)30-20-11-17(25)2-3-18(20)23(16)32-24/h2-5,11,13,15,26H,6-10,12H2,1H3,(H,27,29)(H,30,33)(H,28,31,32). The van der Waals surface area contributed by atoms with Gasteiger partial charge in [-0.1, -0.05) is 23.8 Å². The van der Waals surface area contributed by atoms with Crippen molar-refractivity contribution in [3.8, 4) is 11.3 Å². The lowest BCUT2D eigenvalue weighted by molar-refractivity contribution is 0.389. The zero-order valence-corrected chi connectivity index (χ0v) is 20.0. The fourth-order valence-corrected chi connectivity index (χ4v) is 4.71. The van der Waals surface area contributed by atoms with Gasteiger partial charge in [-0.2, -0.15) is 0 Å². The molecule has 3 aromatic rings. The van der Waals surface area contributed by atoms with E-state index >= 15 is 0 Å². The fourth-order valence-electron chi connectivity index (χ4n) is 4.27. The monoisotopic (exact) mass is 479 g/mol. The first-order valence-corrected chi connectivity index (χ1v) is 12.0. The van der Waals surface area contributed by atoms with Crippen LogP contribution in [0.15, 0.2) is 36.5 Å². The van der Waals surface area contributed by atoms with Crippen molar-refractivity contribution in [3.63, 3.8) is 0 Å². The number of nitrogens with one attached hydrogen (secondary N) is 4. The molecule has 33 heavy (non-hydrogen) atoms. The molecule has 0 atom stereocenters. The van der Waals surface area contributed by atoms with Gasteiger partial charge in [-0.25, -0.2) is 15.0 Å². The van der Waals surface area contributed by atoms with E-state index in [1.807, 2.05) is 43.5 Å². The highest BCUT2D eigenvalue weighted by atomic mass is 35.5. The SMILES string of the molecule is Cc1nc(NCC2CCNCC2)ccc1Nc1ncc2c(n1)-c1ccc(Cl)cc1NC(=S)C2. The number of thiocarbonyl (C=S) groups is 1. The molecular weight excluding hydrogens is 454 g/mol. The number of benzene rings is 1. The van der Waals surface area contributed by atoms with Crippen LogP contribution in [0.3, 0.4) is 0 Å². The maximum Gasteiger partial charge on any atom is 0.227 e. The van der Waals surface area contributed by atoms with E-state index in [4.69, 9.17) is 33.8 Å². The molecule has 4 N–H and O–H groups in total. The Morgan fingerprint density at radius 2 is 2.00 bits per heavy atom. The molecular formula is C24H26ClN7S. The molecule has 0 unspecified atom stereocenters. The van der Waals surface area contributed by atoms with E-state index in [1.54, 1.807) is 0 Å². The summed E-state index contributed by atoms with van der Waals surface area (Å²) in [7, 11) is 0. The summed E-state index contributed by atoms with van der Waals surface area (Å²) < 4.78 is 0. The molecule has 1 fully saturated rings. The highest BCUT2D eigenvalue weighted by Crippen LogP contribution is 2.35. The van der Waals surface area contributed by atoms with E-state index in [9.17, 15) is 0 Å². The lowest BCUT2D eigenvalue weighted by Crippen LogP contribution is -2.31. The topological polar surface area (TPSA) is 86.8 Å². The van der Waals surface area contributed by atoms with Crippen LogP contribution in [0.2, 0.25) is 5.02 Å². The first-order chi connectivity index (χ1) is 16.0. The van der Waals surface area contributed by atoms with Gasteiger partial charge in [0, 0.05) is 41.0 Å². The summed E-state index contributed by atoms with van der Waals surface area (Å²) in [5, 5.41) is 14.1. The number of aromatic nitrogens is 3. The Morgan fingerprint density at radius 3 is 2.82 bits per heavy atom. The second kappa shape index (κ2) is 9.59. The predicted octanol–water partition coefficient (Wildman–Crippen LogP) is 4.95. The second-order valence-corrected chi connectivity index (χ2v) is 9.44. The van der Waals surface area contributed by atoms with E-state index in [0.29, 0.717) is 28.3 Å². The Bertz CT molecular complexity index is 1190. The minimum Gasteiger partial charge on any atom is -0.370 e. The quantitative estimate of drug-likeness (QED) is 0.382. The summed E-state index contributed by atoms with van der Waals surface area (Å²) in [5.41, 5.74) is 5.40. The minimum absolute atomic E-state index is 0.516. The van der Waals surface area contributed by atoms with Crippen molar-refractivity contribution >= 4 is 51.9 Å². The van der Waals surface area contributed by atoms with Gasteiger partial charge in [0.25, 0.3) is 0 Å². The van der Waals surface area contributed by atoms with Gasteiger partial charge in [0.2, 0.25) is 5.95 Å². The largest absolute Gasteiger partial charge is 0.370 e. The van der Waals surface area contributed by atoms with Gasteiger partial charge in [0.15, 0.2) is 0 Å². The van der Waals surface area contributed by atoms with Crippen LogP contribution in [-0.4, -0.2) is 39.6 Å². The van der Waals surface area contributed by atoms with E-state index in [-0.39, 0.29) is 0 Å². The summed E-state index contributed by atoms with van der Waals surface area (Å²) in [6, 6.07) is 9.71.